The molecular formula is C20H16ClNO4S2. The summed E-state index contributed by atoms with van der Waals surface area (Å²) in [7, 11) is 1.27. The van der Waals surface area contributed by atoms with Crippen LogP contribution in [0.4, 0.5) is 0 Å². The maximum atomic E-state index is 12.6. The number of halogens is 1. The standard InChI is InChI=1S/C20H16ClNO4S2/c1-25-18(23)11-22-19(24)17(28-20(22)27)10-14-4-2-3-5-16(14)26-12-13-6-8-15(21)9-7-13/h2-10H,11-12H2,1H3/b17-10-. The Morgan fingerprint density at radius 3 is 2.64 bits per heavy atom. The molecule has 2 aromatic carbocycles. The number of benzene rings is 2. The van der Waals surface area contributed by atoms with Gasteiger partial charge in [0.2, 0.25) is 0 Å². The molecule has 1 heterocycles. The summed E-state index contributed by atoms with van der Waals surface area (Å²) in [5.41, 5.74) is 1.72. The number of esters is 1. The average Bonchev–Trinajstić information content (AvgIpc) is 2.95. The Morgan fingerprint density at radius 1 is 1.21 bits per heavy atom. The Labute approximate surface area is 177 Å². The molecule has 0 atom stereocenters. The van der Waals surface area contributed by atoms with Crippen molar-refractivity contribution in [3.05, 3.63) is 69.6 Å². The van der Waals surface area contributed by atoms with Crippen LogP contribution >= 0.6 is 35.6 Å². The Balaban J connectivity index is 1.77. The van der Waals surface area contributed by atoms with E-state index in [0.717, 1.165) is 22.9 Å². The summed E-state index contributed by atoms with van der Waals surface area (Å²) in [5.74, 6) is -0.215. The number of thiocarbonyl (C=S) groups is 1. The first-order chi connectivity index (χ1) is 13.5. The van der Waals surface area contributed by atoms with Gasteiger partial charge in [-0.05, 0) is 29.8 Å². The van der Waals surface area contributed by atoms with Crippen molar-refractivity contribution in [2.24, 2.45) is 0 Å². The van der Waals surface area contributed by atoms with E-state index < -0.39 is 5.97 Å². The van der Waals surface area contributed by atoms with Gasteiger partial charge in [0.05, 0.1) is 12.0 Å². The summed E-state index contributed by atoms with van der Waals surface area (Å²) in [6.07, 6.45) is 1.72. The smallest absolute Gasteiger partial charge is 0.325 e. The van der Waals surface area contributed by atoms with Crippen LogP contribution in [0.5, 0.6) is 5.75 Å². The number of methoxy groups -OCH3 is 1. The van der Waals surface area contributed by atoms with Gasteiger partial charge in [-0.15, -0.1) is 0 Å². The molecule has 8 heteroatoms. The number of ether oxygens (including phenoxy) is 2. The van der Waals surface area contributed by atoms with Crippen molar-refractivity contribution < 1.29 is 19.1 Å². The second-order valence-corrected chi connectivity index (χ2v) is 7.91. The quantitative estimate of drug-likeness (QED) is 0.384. The fraction of sp³-hybridized carbons (Fsp3) is 0.150. The molecule has 0 aliphatic carbocycles. The van der Waals surface area contributed by atoms with Crippen LogP contribution in [0.1, 0.15) is 11.1 Å². The van der Waals surface area contributed by atoms with Gasteiger partial charge in [0, 0.05) is 10.6 Å². The highest BCUT2D eigenvalue weighted by Gasteiger charge is 2.33. The van der Waals surface area contributed by atoms with Crippen LogP contribution in [0.2, 0.25) is 5.02 Å². The van der Waals surface area contributed by atoms with E-state index in [1.165, 1.54) is 12.0 Å². The minimum Gasteiger partial charge on any atom is -0.488 e. The zero-order valence-electron chi connectivity index (χ0n) is 14.9. The van der Waals surface area contributed by atoms with E-state index in [-0.39, 0.29) is 12.5 Å². The maximum Gasteiger partial charge on any atom is 0.325 e. The lowest BCUT2D eigenvalue weighted by Crippen LogP contribution is -2.33. The van der Waals surface area contributed by atoms with Gasteiger partial charge in [-0.25, -0.2) is 0 Å². The predicted molar refractivity (Wildman–Crippen MR) is 114 cm³/mol. The van der Waals surface area contributed by atoms with Crippen molar-refractivity contribution in [1.29, 1.82) is 0 Å². The topological polar surface area (TPSA) is 55.8 Å². The number of thioether (sulfide) groups is 1. The van der Waals surface area contributed by atoms with Crippen LogP contribution in [0, 0.1) is 0 Å². The first kappa shape index (κ1) is 20.4. The minimum absolute atomic E-state index is 0.201. The number of para-hydroxylation sites is 1. The molecule has 1 fully saturated rings. The normalized spacial score (nSPS) is 15.2. The van der Waals surface area contributed by atoms with Crippen molar-refractivity contribution in [2.45, 2.75) is 6.61 Å². The number of nitrogens with zero attached hydrogens (tertiary/aromatic N) is 1. The van der Waals surface area contributed by atoms with Gasteiger partial charge in [0.1, 0.15) is 23.2 Å². The molecule has 144 valence electrons. The van der Waals surface area contributed by atoms with E-state index in [1.807, 2.05) is 36.4 Å². The fourth-order valence-electron chi connectivity index (χ4n) is 2.44. The molecule has 0 unspecified atom stereocenters. The van der Waals surface area contributed by atoms with E-state index >= 15 is 0 Å². The van der Waals surface area contributed by atoms with E-state index in [1.54, 1.807) is 18.2 Å². The molecule has 5 nitrogen and oxygen atoms in total. The van der Waals surface area contributed by atoms with Crippen LogP contribution in [-0.4, -0.2) is 34.8 Å². The van der Waals surface area contributed by atoms with Gasteiger partial charge < -0.3 is 9.47 Å². The van der Waals surface area contributed by atoms with Crippen LogP contribution in [0.3, 0.4) is 0 Å². The monoisotopic (exact) mass is 433 g/mol. The fourth-order valence-corrected chi connectivity index (χ4v) is 3.82. The van der Waals surface area contributed by atoms with Crippen molar-refractivity contribution in [3.63, 3.8) is 0 Å². The predicted octanol–water partition coefficient (Wildman–Crippen LogP) is 4.29. The summed E-state index contributed by atoms with van der Waals surface area (Å²) in [4.78, 5) is 25.7. The third-order valence-corrected chi connectivity index (χ3v) is 5.53. The summed E-state index contributed by atoms with van der Waals surface area (Å²) in [5, 5.41) is 0.665. The molecule has 1 aliphatic rings. The molecule has 1 saturated heterocycles. The van der Waals surface area contributed by atoms with Gasteiger partial charge in [-0.1, -0.05) is 65.9 Å². The number of carbonyl (C=O) groups excluding carboxylic acids is 2. The van der Waals surface area contributed by atoms with E-state index in [2.05, 4.69) is 4.74 Å². The lowest BCUT2D eigenvalue weighted by atomic mass is 10.1. The molecule has 0 radical (unpaired) electrons. The minimum atomic E-state index is -0.524. The highest BCUT2D eigenvalue weighted by atomic mass is 35.5. The van der Waals surface area contributed by atoms with Crippen molar-refractivity contribution in [3.8, 4) is 5.75 Å². The second kappa shape index (κ2) is 9.23. The highest BCUT2D eigenvalue weighted by Crippen LogP contribution is 2.34. The summed E-state index contributed by atoms with van der Waals surface area (Å²) >= 11 is 12.3. The number of carbonyl (C=O) groups is 2. The van der Waals surface area contributed by atoms with Crippen molar-refractivity contribution >= 4 is 57.9 Å². The van der Waals surface area contributed by atoms with Crippen molar-refractivity contribution in [2.75, 3.05) is 13.7 Å². The molecular weight excluding hydrogens is 418 g/mol. The summed E-state index contributed by atoms with van der Waals surface area (Å²) in [6.45, 7) is 0.165. The third-order valence-electron chi connectivity index (χ3n) is 3.90. The van der Waals surface area contributed by atoms with Crippen LogP contribution in [-0.2, 0) is 20.9 Å². The summed E-state index contributed by atoms with van der Waals surface area (Å²) in [6, 6.07) is 14.8. The van der Waals surface area contributed by atoms with E-state index in [4.69, 9.17) is 28.6 Å². The van der Waals surface area contributed by atoms with Gasteiger partial charge in [0.25, 0.3) is 5.91 Å². The largest absolute Gasteiger partial charge is 0.488 e. The SMILES string of the molecule is COC(=O)CN1C(=O)/C(=C/c2ccccc2OCc2ccc(Cl)cc2)SC1=S. The highest BCUT2D eigenvalue weighted by molar-refractivity contribution is 8.26. The zero-order chi connectivity index (χ0) is 20.1. The molecule has 28 heavy (non-hydrogen) atoms. The zero-order valence-corrected chi connectivity index (χ0v) is 17.3. The number of rotatable bonds is 6. The Kier molecular flexibility index (Phi) is 6.72. The molecule has 2 aromatic rings. The first-order valence-electron chi connectivity index (χ1n) is 8.26. The van der Waals surface area contributed by atoms with Gasteiger partial charge in [0.15, 0.2) is 0 Å². The molecule has 0 spiro atoms. The molecule has 3 rings (SSSR count). The average molecular weight is 434 g/mol. The van der Waals surface area contributed by atoms with Gasteiger partial charge in [-0.3, -0.25) is 14.5 Å². The van der Waals surface area contributed by atoms with E-state index in [9.17, 15) is 9.59 Å². The number of amides is 1. The number of hydrogen-bond donors (Lipinski definition) is 0. The molecule has 0 bridgehead atoms. The lowest BCUT2D eigenvalue weighted by molar-refractivity contribution is -0.143. The van der Waals surface area contributed by atoms with Crippen molar-refractivity contribution in [1.82, 2.24) is 4.90 Å². The lowest BCUT2D eigenvalue weighted by Gasteiger charge is -2.12. The molecule has 1 aliphatic heterocycles. The van der Waals surface area contributed by atoms with Gasteiger partial charge >= 0.3 is 5.97 Å². The first-order valence-corrected chi connectivity index (χ1v) is 9.86. The molecule has 0 N–H and O–H groups in total. The Morgan fingerprint density at radius 2 is 1.93 bits per heavy atom. The van der Waals surface area contributed by atoms with E-state index in [0.29, 0.717) is 26.6 Å². The third kappa shape index (κ3) is 4.92. The van der Waals surface area contributed by atoms with Gasteiger partial charge in [-0.2, -0.15) is 0 Å². The maximum absolute atomic E-state index is 12.6. The molecule has 0 aromatic heterocycles. The summed E-state index contributed by atoms with van der Waals surface area (Å²) < 4.78 is 10.8. The molecule has 1 amide bonds. The van der Waals surface area contributed by atoms with Crippen LogP contribution in [0.25, 0.3) is 6.08 Å². The Bertz CT molecular complexity index is 943. The van der Waals surface area contributed by atoms with Crippen LogP contribution in [0.15, 0.2) is 53.4 Å². The molecule has 0 saturated carbocycles. The Hall–Kier alpha value is -2.35. The van der Waals surface area contributed by atoms with Crippen LogP contribution < -0.4 is 4.74 Å². The second-order valence-electron chi connectivity index (χ2n) is 5.80. The number of hydrogen-bond acceptors (Lipinski definition) is 6.